The van der Waals surface area contributed by atoms with Gasteiger partial charge in [0.05, 0.1) is 26.2 Å². The fraction of sp³-hybridized carbons (Fsp3) is 0.909. The fourth-order valence-electron chi connectivity index (χ4n) is 1.20. The average molecular weight is 217 g/mol. The Morgan fingerprint density at radius 1 is 1.33 bits per heavy atom. The molecule has 0 radical (unpaired) electrons. The smallest absolute Gasteiger partial charge is 0.306 e. The molecule has 0 unspecified atom stereocenters. The molecule has 0 aliphatic carbocycles. The van der Waals surface area contributed by atoms with E-state index in [0.717, 1.165) is 19.6 Å². The summed E-state index contributed by atoms with van der Waals surface area (Å²) in [5, 5.41) is 0. The monoisotopic (exact) mass is 217 g/mol. The van der Waals surface area contributed by atoms with Crippen molar-refractivity contribution in [2.75, 3.05) is 33.4 Å². The number of rotatable bonds is 8. The summed E-state index contributed by atoms with van der Waals surface area (Å²) >= 11 is 0. The van der Waals surface area contributed by atoms with Gasteiger partial charge in [-0.05, 0) is 20.4 Å². The third-order valence-electron chi connectivity index (χ3n) is 2.17. The van der Waals surface area contributed by atoms with E-state index >= 15 is 0 Å². The van der Waals surface area contributed by atoms with E-state index in [-0.39, 0.29) is 12.1 Å². The molecule has 0 N–H and O–H groups in total. The quantitative estimate of drug-likeness (QED) is 0.574. The molecule has 15 heavy (non-hydrogen) atoms. The van der Waals surface area contributed by atoms with Crippen molar-refractivity contribution in [1.29, 1.82) is 0 Å². The first kappa shape index (κ1) is 14.4. The van der Waals surface area contributed by atoms with Crippen LogP contribution in [-0.2, 0) is 14.3 Å². The summed E-state index contributed by atoms with van der Waals surface area (Å²) in [5.41, 5.74) is 0. The van der Waals surface area contributed by atoms with Gasteiger partial charge in [-0.3, -0.25) is 4.79 Å². The molecule has 0 aromatic rings. The number of methoxy groups -OCH3 is 1. The molecule has 0 aliphatic rings. The van der Waals surface area contributed by atoms with Crippen LogP contribution in [0.4, 0.5) is 0 Å². The summed E-state index contributed by atoms with van der Waals surface area (Å²) < 4.78 is 10.0. The van der Waals surface area contributed by atoms with Crippen molar-refractivity contribution in [3.63, 3.8) is 0 Å². The van der Waals surface area contributed by atoms with Crippen molar-refractivity contribution >= 4 is 5.97 Å². The van der Waals surface area contributed by atoms with Gasteiger partial charge in [-0.25, -0.2) is 0 Å². The highest BCUT2D eigenvalue weighted by molar-refractivity contribution is 5.69. The molecular formula is C11H23NO3. The highest BCUT2D eigenvalue weighted by Crippen LogP contribution is 1.95. The second kappa shape index (κ2) is 8.68. The second-order valence-electron chi connectivity index (χ2n) is 3.68. The third-order valence-corrected chi connectivity index (χ3v) is 2.17. The minimum atomic E-state index is -0.154. The molecule has 0 heterocycles. The molecule has 0 saturated heterocycles. The maximum atomic E-state index is 10.9. The number of nitrogens with zero attached hydrogens (tertiary/aromatic N) is 1. The van der Waals surface area contributed by atoms with E-state index in [0.29, 0.717) is 13.0 Å². The van der Waals surface area contributed by atoms with E-state index < -0.39 is 0 Å². The Labute approximate surface area is 92.5 Å². The average Bonchev–Trinajstić information content (AvgIpc) is 2.22. The molecule has 0 rings (SSSR count). The van der Waals surface area contributed by atoms with Gasteiger partial charge in [0.15, 0.2) is 0 Å². The minimum absolute atomic E-state index is 0.154. The maximum absolute atomic E-state index is 10.9. The predicted molar refractivity (Wildman–Crippen MR) is 59.8 cm³/mol. The van der Waals surface area contributed by atoms with Crippen LogP contribution in [0.1, 0.15) is 27.2 Å². The van der Waals surface area contributed by atoms with Gasteiger partial charge in [0, 0.05) is 13.1 Å². The van der Waals surface area contributed by atoms with Crippen LogP contribution >= 0.6 is 0 Å². The summed E-state index contributed by atoms with van der Waals surface area (Å²) in [7, 11) is 1.42. The van der Waals surface area contributed by atoms with Crippen LogP contribution in [0.25, 0.3) is 0 Å². The Morgan fingerprint density at radius 3 is 2.47 bits per heavy atom. The molecule has 0 saturated carbocycles. The van der Waals surface area contributed by atoms with E-state index in [1.807, 2.05) is 13.8 Å². The first-order valence-electron chi connectivity index (χ1n) is 5.50. The molecule has 0 amide bonds. The predicted octanol–water partition coefficient (Wildman–Crippen LogP) is 1.30. The molecule has 0 aliphatic heterocycles. The Hall–Kier alpha value is -0.610. The van der Waals surface area contributed by atoms with Crippen molar-refractivity contribution in [2.24, 2.45) is 0 Å². The van der Waals surface area contributed by atoms with Crippen molar-refractivity contribution in [2.45, 2.75) is 33.3 Å². The fourth-order valence-corrected chi connectivity index (χ4v) is 1.20. The number of esters is 1. The van der Waals surface area contributed by atoms with E-state index in [4.69, 9.17) is 4.74 Å². The lowest BCUT2D eigenvalue weighted by molar-refractivity contribution is -0.141. The van der Waals surface area contributed by atoms with Gasteiger partial charge in [0.1, 0.15) is 0 Å². The van der Waals surface area contributed by atoms with Crippen molar-refractivity contribution in [1.82, 2.24) is 4.90 Å². The number of hydrogen-bond acceptors (Lipinski definition) is 4. The topological polar surface area (TPSA) is 38.8 Å². The zero-order valence-corrected chi connectivity index (χ0v) is 10.3. The van der Waals surface area contributed by atoms with Crippen LogP contribution in [0.15, 0.2) is 0 Å². The summed E-state index contributed by atoms with van der Waals surface area (Å²) in [5.74, 6) is -0.154. The Bertz CT molecular complexity index is 171. The van der Waals surface area contributed by atoms with E-state index in [1.165, 1.54) is 7.11 Å². The molecule has 0 aromatic heterocycles. The van der Waals surface area contributed by atoms with Crippen molar-refractivity contribution < 1.29 is 14.3 Å². The lowest BCUT2D eigenvalue weighted by Crippen LogP contribution is -2.30. The molecule has 90 valence electrons. The van der Waals surface area contributed by atoms with Crippen LogP contribution in [-0.4, -0.2) is 50.3 Å². The van der Waals surface area contributed by atoms with Crippen LogP contribution in [0.3, 0.4) is 0 Å². The number of ether oxygens (including phenoxy) is 2. The molecule has 4 heteroatoms. The van der Waals surface area contributed by atoms with Crippen molar-refractivity contribution in [3.05, 3.63) is 0 Å². The summed E-state index contributed by atoms with van der Waals surface area (Å²) in [6.07, 6.45) is 0.718. The molecule has 0 fully saturated rings. The van der Waals surface area contributed by atoms with Crippen LogP contribution in [0, 0.1) is 0 Å². The summed E-state index contributed by atoms with van der Waals surface area (Å²) in [6, 6.07) is 0. The second-order valence-corrected chi connectivity index (χ2v) is 3.68. The molecule has 0 spiro atoms. The van der Waals surface area contributed by atoms with Gasteiger partial charge in [0.2, 0.25) is 0 Å². The lowest BCUT2D eigenvalue weighted by Gasteiger charge is -2.20. The molecule has 0 bridgehead atoms. The van der Waals surface area contributed by atoms with Gasteiger partial charge >= 0.3 is 5.97 Å². The van der Waals surface area contributed by atoms with Crippen LogP contribution in [0.5, 0.6) is 0 Å². The SMILES string of the molecule is CCN(CCOC(C)C)CCC(=O)OC. The Balaban J connectivity index is 3.59. The first-order valence-corrected chi connectivity index (χ1v) is 5.50. The van der Waals surface area contributed by atoms with E-state index in [2.05, 4.69) is 16.6 Å². The summed E-state index contributed by atoms with van der Waals surface area (Å²) in [4.78, 5) is 13.1. The van der Waals surface area contributed by atoms with Crippen molar-refractivity contribution in [3.8, 4) is 0 Å². The van der Waals surface area contributed by atoms with E-state index in [9.17, 15) is 4.79 Å². The standard InChI is InChI=1S/C11H23NO3/c1-5-12(7-6-11(13)14-4)8-9-15-10(2)3/h10H,5-9H2,1-4H3. The Morgan fingerprint density at radius 2 is 2.00 bits per heavy atom. The van der Waals surface area contributed by atoms with E-state index in [1.54, 1.807) is 0 Å². The first-order chi connectivity index (χ1) is 7.10. The van der Waals surface area contributed by atoms with Gasteiger partial charge < -0.3 is 14.4 Å². The largest absolute Gasteiger partial charge is 0.469 e. The lowest BCUT2D eigenvalue weighted by atomic mass is 10.3. The number of carbonyl (C=O) groups excluding carboxylic acids is 1. The molecule has 0 atom stereocenters. The minimum Gasteiger partial charge on any atom is -0.469 e. The zero-order valence-electron chi connectivity index (χ0n) is 10.3. The number of carbonyl (C=O) groups is 1. The van der Waals surface area contributed by atoms with Gasteiger partial charge in [-0.15, -0.1) is 0 Å². The number of likely N-dealkylation sites (N-methyl/N-ethyl adjacent to an activating group) is 1. The zero-order chi connectivity index (χ0) is 11.7. The third kappa shape index (κ3) is 8.39. The molecular weight excluding hydrogens is 194 g/mol. The highest BCUT2D eigenvalue weighted by atomic mass is 16.5. The number of hydrogen-bond donors (Lipinski definition) is 0. The van der Waals surface area contributed by atoms with Crippen LogP contribution in [0.2, 0.25) is 0 Å². The summed E-state index contributed by atoms with van der Waals surface area (Å²) in [6.45, 7) is 9.36. The van der Waals surface area contributed by atoms with Gasteiger partial charge in [0.25, 0.3) is 0 Å². The molecule has 0 aromatic carbocycles. The maximum Gasteiger partial charge on any atom is 0.306 e. The molecule has 4 nitrogen and oxygen atoms in total. The van der Waals surface area contributed by atoms with Gasteiger partial charge in [-0.2, -0.15) is 0 Å². The normalized spacial score (nSPS) is 11.1. The van der Waals surface area contributed by atoms with Crippen LogP contribution < -0.4 is 0 Å². The highest BCUT2D eigenvalue weighted by Gasteiger charge is 2.06. The van der Waals surface area contributed by atoms with Gasteiger partial charge in [-0.1, -0.05) is 6.92 Å². The Kier molecular flexibility index (Phi) is 8.33.